The molecule has 128 valence electrons. The molecule has 0 radical (unpaired) electrons. The van der Waals surface area contributed by atoms with Crippen LogP contribution < -0.4 is 5.32 Å². The van der Waals surface area contributed by atoms with E-state index in [4.69, 9.17) is 23.2 Å². The van der Waals surface area contributed by atoms with Gasteiger partial charge in [-0.1, -0.05) is 35.3 Å². The van der Waals surface area contributed by atoms with Crippen molar-refractivity contribution >= 4 is 46.2 Å². The van der Waals surface area contributed by atoms with Crippen LogP contribution in [0.2, 0.25) is 10.0 Å². The minimum Gasteiger partial charge on any atom is -0.329 e. The fourth-order valence-corrected chi connectivity index (χ4v) is 5.11. The number of carbonyl (C=O) groups excluding carboxylic acids is 2. The van der Waals surface area contributed by atoms with Crippen LogP contribution in [0.25, 0.3) is 0 Å². The van der Waals surface area contributed by atoms with Gasteiger partial charge in [-0.15, -0.1) is 11.3 Å². The fraction of sp³-hybridized carbons (Fsp3) is 0.263. The summed E-state index contributed by atoms with van der Waals surface area (Å²) < 4.78 is 0. The maximum absolute atomic E-state index is 12.9. The molecule has 0 spiro atoms. The molecule has 1 aromatic heterocycles. The summed E-state index contributed by atoms with van der Waals surface area (Å²) in [6.07, 6.45) is 1.38. The monoisotopic (exact) mass is 391 g/mol. The van der Waals surface area contributed by atoms with Crippen LogP contribution in [-0.2, 0) is 9.59 Å². The number of thiophene rings is 1. The van der Waals surface area contributed by atoms with Crippen molar-refractivity contribution in [3.05, 3.63) is 67.5 Å². The summed E-state index contributed by atoms with van der Waals surface area (Å²) in [5.41, 5.74) is 2.25. The van der Waals surface area contributed by atoms with Gasteiger partial charge in [-0.05, 0) is 35.6 Å². The topological polar surface area (TPSA) is 46.2 Å². The van der Waals surface area contributed by atoms with Gasteiger partial charge in [-0.3, -0.25) is 9.59 Å². The third-order valence-corrected chi connectivity index (χ3v) is 6.42. The number of Topliss-reactive ketones (excluding diaryl/α,β-unsaturated/α-hetero) is 1. The summed E-state index contributed by atoms with van der Waals surface area (Å²) in [7, 11) is 0. The van der Waals surface area contributed by atoms with E-state index in [9.17, 15) is 9.59 Å². The van der Waals surface area contributed by atoms with Crippen LogP contribution in [0.3, 0.4) is 0 Å². The molecule has 0 bridgehead atoms. The van der Waals surface area contributed by atoms with Gasteiger partial charge in [-0.25, -0.2) is 0 Å². The third-order valence-electron chi connectivity index (χ3n) is 4.82. The number of hydrogen-bond donors (Lipinski definition) is 1. The molecule has 4 rings (SSSR count). The van der Waals surface area contributed by atoms with Crippen LogP contribution in [-0.4, -0.2) is 11.7 Å². The second kappa shape index (κ2) is 6.60. The van der Waals surface area contributed by atoms with Gasteiger partial charge in [0.05, 0.1) is 0 Å². The van der Waals surface area contributed by atoms with Crippen molar-refractivity contribution in [2.75, 3.05) is 0 Å². The molecule has 0 saturated heterocycles. The predicted molar refractivity (Wildman–Crippen MR) is 100 cm³/mol. The van der Waals surface area contributed by atoms with Gasteiger partial charge >= 0.3 is 0 Å². The molecule has 2 heterocycles. The Labute approximate surface area is 159 Å². The normalized spacial score (nSPS) is 23.4. The molecule has 1 amide bonds. The van der Waals surface area contributed by atoms with Crippen molar-refractivity contribution in [1.82, 2.24) is 5.32 Å². The molecular formula is C19H15Cl2NO2S. The first-order valence-electron chi connectivity index (χ1n) is 8.07. The Morgan fingerprint density at radius 1 is 1.08 bits per heavy atom. The van der Waals surface area contributed by atoms with Crippen LogP contribution in [0.5, 0.6) is 0 Å². The fourth-order valence-electron chi connectivity index (χ4n) is 3.73. The quantitative estimate of drug-likeness (QED) is 0.777. The van der Waals surface area contributed by atoms with Crippen molar-refractivity contribution < 1.29 is 9.59 Å². The molecule has 2 atom stereocenters. The summed E-state index contributed by atoms with van der Waals surface area (Å²) >= 11 is 14.0. The van der Waals surface area contributed by atoms with Crippen LogP contribution in [0.4, 0.5) is 0 Å². The van der Waals surface area contributed by atoms with E-state index in [2.05, 4.69) is 5.32 Å². The number of ketones is 1. The lowest BCUT2D eigenvalue weighted by Crippen LogP contribution is -2.38. The highest BCUT2D eigenvalue weighted by atomic mass is 35.5. The molecule has 3 nitrogen and oxygen atoms in total. The third kappa shape index (κ3) is 3.14. The zero-order valence-corrected chi connectivity index (χ0v) is 15.5. The summed E-state index contributed by atoms with van der Waals surface area (Å²) in [5, 5.41) is 5.97. The highest BCUT2D eigenvalue weighted by Gasteiger charge is 2.39. The molecule has 2 aromatic rings. The van der Waals surface area contributed by atoms with E-state index < -0.39 is 0 Å². The number of allylic oxidation sites excluding steroid dienone is 2. The minimum atomic E-state index is -0.301. The number of amides is 1. The van der Waals surface area contributed by atoms with E-state index in [1.54, 1.807) is 23.5 Å². The zero-order chi connectivity index (χ0) is 17.6. The SMILES string of the molecule is O=C1C[C@H](c2ccc(Cl)cc2Cl)C2=C(C[C@@H](c3cccs3)CC2=O)N1. The number of halogens is 2. The second-order valence-electron chi connectivity index (χ2n) is 6.41. The van der Waals surface area contributed by atoms with Crippen LogP contribution in [0.15, 0.2) is 47.0 Å². The average molecular weight is 392 g/mol. The average Bonchev–Trinajstić information content (AvgIpc) is 3.08. The van der Waals surface area contributed by atoms with Gasteiger partial charge in [0.1, 0.15) is 0 Å². The highest BCUT2D eigenvalue weighted by molar-refractivity contribution is 7.10. The van der Waals surface area contributed by atoms with Crippen LogP contribution in [0.1, 0.15) is 41.5 Å². The van der Waals surface area contributed by atoms with Gasteiger partial charge in [0, 0.05) is 50.9 Å². The molecule has 25 heavy (non-hydrogen) atoms. The molecule has 1 aliphatic carbocycles. The maximum atomic E-state index is 12.9. The molecule has 0 unspecified atom stereocenters. The zero-order valence-electron chi connectivity index (χ0n) is 13.2. The first-order valence-corrected chi connectivity index (χ1v) is 9.71. The minimum absolute atomic E-state index is 0.0746. The molecule has 1 aliphatic heterocycles. The van der Waals surface area contributed by atoms with Crippen LogP contribution >= 0.6 is 34.5 Å². The lowest BCUT2D eigenvalue weighted by molar-refractivity contribution is -0.122. The summed E-state index contributed by atoms with van der Waals surface area (Å²) in [6.45, 7) is 0. The number of hydrogen-bond acceptors (Lipinski definition) is 3. The van der Waals surface area contributed by atoms with E-state index in [-0.39, 0.29) is 29.9 Å². The van der Waals surface area contributed by atoms with Gasteiger partial charge in [0.25, 0.3) is 0 Å². The first kappa shape index (κ1) is 16.8. The maximum Gasteiger partial charge on any atom is 0.225 e. The Kier molecular flexibility index (Phi) is 4.44. The standard InChI is InChI=1S/C19H15Cl2NO2S/c20-11-3-4-12(14(21)8-11)13-9-18(24)22-15-6-10(7-16(23)19(13)15)17-2-1-5-25-17/h1-5,8,10,13H,6-7,9H2,(H,22,24)/t10-,13-/m1/s1. The Bertz CT molecular complexity index is 889. The first-order chi connectivity index (χ1) is 12.0. The Morgan fingerprint density at radius 3 is 2.64 bits per heavy atom. The van der Waals surface area contributed by atoms with E-state index in [1.165, 1.54) is 4.88 Å². The number of nitrogens with one attached hydrogen (secondary N) is 1. The van der Waals surface area contributed by atoms with Gasteiger partial charge in [-0.2, -0.15) is 0 Å². The number of rotatable bonds is 2. The smallest absolute Gasteiger partial charge is 0.225 e. The number of benzene rings is 1. The Hall–Kier alpha value is -1.62. The van der Waals surface area contributed by atoms with Gasteiger partial charge < -0.3 is 5.32 Å². The van der Waals surface area contributed by atoms with Crippen LogP contribution in [0, 0.1) is 0 Å². The lowest BCUT2D eigenvalue weighted by atomic mass is 9.74. The molecule has 1 aromatic carbocycles. The van der Waals surface area contributed by atoms with Crippen molar-refractivity contribution in [2.24, 2.45) is 0 Å². The van der Waals surface area contributed by atoms with E-state index in [0.29, 0.717) is 28.5 Å². The lowest BCUT2D eigenvalue weighted by Gasteiger charge is -2.34. The van der Waals surface area contributed by atoms with E-state index in [1.807, 2.05) is 23.6 Å². The Morgan fingerprint density at radius 2 is 1.92 bits per heavy atom. The van der Waals surface area contributed by atoms with Gasteiger partial charge in [0.2, 0.25) is 5.91 Å². The molecule has 1 N–H and O–H groups in total. The van der Waals surface area contributed by atoms with E-state index >= 15 is 0 Å². The van der Waals surface area contributed by atoms with Crippen molar-refractivity contribution in [1.29, 1.82) is 0 Å². The number of carbonyl (C=O) groups is 2. The largest absolute Gasteiger partial charge is 0.329 e. The molecule has 0 saturated carbocycles. The Balaban J connectivity index is 1.76. The van der Waals surface area contributed by atoms with E-state index in [0.717, 1.165) is 11.3 Å². The van der Waals surface area contributed by atoms with Crippen molar-refractivity contribution in [2.45, 2.75) is 31.1 Å². The van der Waals surface area contributed by atoms with Crippen molar-refractivity contribution in [3.63, 3.8) is 0 Å². The van der Waals surface area contributed by atoms with Gasteiger partial charge in [0.15, 0.2) is 5.78 Å². The summed E-state index contributed by atoms with van der Waals surface area (Å²) in [5.74, 6) is -0.152. The van der Waals surface area contributed by atoms with Crippen molar-refractivity contribution in [3.8, 4) is 0 Å². The molecule has 6 heteroatoms. The second-order valence-corrected chi connectivity index (χ2v) is 8.23. The molecule has 2 aliphatic rings. The summed E-state index contributed by atoms with van der Waals surface area (Å²) in [6, 6.07) is 9.26. The molecule has 0 fully saturated rings. The molecular weight excluding hydrogens is 377 g/mol. The summed E-state index contributed by atoms with van der Waals surface area (Å²) in [4.78, 5) is 26.4. The highest BCUT2D eigenvalue weighted by Crippen LogP contribution is 2.44. The predicted octanol–water partition coefficient (Wildman–Crippen LogP) is 5.06.